The highest BCUT2D eigenvalue weighted by atomic mass is 32.2. The quantitative estimate of drug-likeness (QED) is 0.658. The van der Waals surface area contributed by atoms with Gasteiger partial charge in [0.05, 0.1) is 5.69 Å². The fourth-order valence-corrected chi connectivity index (χ4v) is 3.90. The first-order valence-corrected chi connectivity index (χ1v) is 9.99. The molecule has 0 unspecified atom stereocenters. The maximum absolute atomic E-state index is 12.2. The molecule has 3 aromatic rings. The van der Waals surface area contributed by atoms with Gasteiger partial charge in [0.25, 0.3) is 0 Å². The van der Waals surface area contributed by atoms with E-state index in [9.17, 15) is 4.79 Å². The summed E-state index contributed by atoms with van der Waals surface area (Å²) >= 11 is 1.46. The van der Waals surface area contributed by atoms with Crippen molar-refractivity contribution < 1.29 is 4.79 Å². The number of imidazole rings is 1. The van der Waals surface area contributed by atoms with Crippen LogP contribution in [0.5, 0.6) is 0 Å². The van der Waals surface area contributed by atoms with Crippen molar-refractivity contribution in [1.29, 1.82) is 0 Å². The molecule has 4 rings (SSSR count). The van der Waals surface area contributed by atoms with Crippen LogP contribution >= 0.6 is 11.8 Å². The zero-order chi connectivity index (χ0) is 18.6. The Labute approximate surface area is 161 Å². The molecule has 3 heterocycles. The van der Waals surface area contributed by atoms with Gasteiger partial charge in [-0.15, -0.1) is 5.10 Å². The number of carbonyl (C=O) groups is 1. The van der Waals surface area contributed by atoms with Gasteiger partial charge < -0.3 is 9.88 Å². The molecule has 1 aromatic carbocycles. The smallest absolute Gasteiger partial charge is 0.225 e. The second-order valence-electron chi connectivity index (χ2n) is 6.51. The van der Waals surface area contributed by atoms with Crippen molar-refractivity contribution in [2.24, 2.45) is 7.05 Å². The van der Waals surface area contributed by atoms with Crippen LogP contribution in [0.15, 0.2) is 35.6 Å². The van der Waals surface area contributed by atoms with E-state index < -0.39 is 0 Å². The van der Waals surface area contributed by atoms with Gasteiger partial charge in [-0.25, -0.2) is 9.67 Å². The Bertz CT molecular complexity index is 925. The van der Waals surface area contributed by atoms with Gasteiger partial charge in [0.1, 0.15) is 5.82 Å². The van der Waals surface area contributed by atoms with Gasteiger partial charge in [0, 0.05) is 49.6 Å². The maximum atomic E-state index is 12.2. The van der Waals surface area contributed by atoms with E-state index in [1.165, 1.54) is 24.6 Å². The number of hydrogen-bond acceptors (Lipinski definition) is 6. The average Bonchev–Trinajstić information content (AvgIpc) is 3.28. The van der Waals surface area contributed by atoms with Crippen LogP contribution in [0, 0.1) is 0 Å². The number of carbonyl (C=O) groups excluding carboxylic acids is 1. The zero-order valence-electron chi connectivity index (χ0n) is 15.1. The minimum Gasteiger partial charge on any atom is -0.334 e. The molecule has 27 heavy (non-hydrogen) atoms. The standard InChI is InChI=1S/C18H21N7OS/c1-24-18(21-22-23-24)27-10-8-17(26)19-14-6-4-5-13(11-14)15-12-25-9-3-2-7-16(25)20-15/h4-6,11-12H,2-3,7-10H2,1H3,(H,19,26). The molecule has 0 radical (unpaired) electrons. The number of tetrazole rings is 1. The molecular formula is C18H21N7OS. The zero-order valence-corrected chi connectivity index (χ0v) is 15.9. The summed E-state index contributed by atoms with van der Waals surface area (Å²) in [7, 11) is 1.78. The fourth-order valence-electron chi connectivity index (χ4n) is 3.11. The van der Waals surface area contributed by atoms with E-state index in [-0.39, 0.29) is 5.91 Å². The minimum absolute atomic E-state index is 0.0288. The van der Waals surface area contributed by atoms with Crippen LogP contribution in [0.2, 0.25) is 0 Å². The Morgan fingerprint density at radius 1 is 1.33 bits per heavy atom. The summed E-state index contributed by atoms with van der Waals surface area (Å²) in [6, 6.07) is 7.85. The van der Waals surface area contributed by atoms with Crippen LogP contribution in [0.4, 0.5) is 5.69 Å². The van der Waals surface area contributed by atoms with E-state index in [1.54, 1.807) is 11.7 Å². The highest BCUT2D eigenvalue weighted by Crippen LogP contribution is 2.25. The largest absolute Gasteiger partial charge is 0.334 e. The first-order chi connectivity index (χ1) is 13.2. The van der Waals surface area contributed by atoms with E-state index in [0.29, 0.717) is 17.3 Å². The van der Waals surface area contributed by atoms with Crippen molar-refractivity contribution in [3.05, 3.63) is 36.3 Å². The molecule has 1 N–H and O–H groups in total. The third-order valence-electron chi connectivity index (χ3n) is 4.49. The van der Waals surface area contributed by atoms with Crippen molar-refractivity contribution >= 4 is 23.4 Å². The maximum Gasteiger partial charge on any atom is 0.225 e. The highest BCUT2D eigenvalue weighted by molar-refractivity contribution is 7.99. The van der Waals surface area contributed by atoms with Crippen LogP contribution in [0.1, 0.15) is 25.1 Å². The predicted molar refractivity (Wildman–Crippen MR) is 103 cm³/mol. The summed E-state index contributed by atoms with van der Waals surface area (Å²) in [6.45, 7) is 1.04. The Morgan fingerprint density at radius 3 is 3.07 bits per heavy atom. The third kappa shape index (κ3) is 4.19. The van der Waals surface area contributed by atoms with Crippen molar-refractivity contribution in [2.45, 2.75) is 37.4 Å². The van der Waals surface area contributed by atoms with Crippen LogP contribution in [0.3, 0.4) is 0 Å². The van der Waals surface area contributed by atoms with Gasteiger partial charge in [-0.1, -0.05) is 23.9 Å². The number of rotatable bonds is 6. The number of aromatic nitrogens is 6. The molecule has 1 aliphatic rings. The van der Waals surface area contributed by atoms with Gasteiger partial charge in [0.15, 0.2) is 0 Å². The molecule has 9 heteroatoms. The summed E-state index contributed by atoms with van der Waals surface area (Å²) in [5.41, 5.74) is 2.77. The normalized spacial score (nSPS) is 13.4. The monoisotopic (exact) mass is 383 g/mol. The van der Waals surface area contributed by atoms with E-state index >= 15 is 0 Å². The molecule has 0 bridgehead atoms. The van der Waals surface area contributed by atoms with Crippen LogP contribution < -0.4 is 5.32 Å². The number of nitrogens with one attached hydrogen (secondary N) is 1. The molecule has 0 spiro atoms. The van der Waals surface area contributed by atoms with Gasteiger partial charge in [-0.2, -0.15) is 0 Å². The summed E-state index contributed by atoms with van der Waals surface area (Å²) < 4.78 is 3.83. The van der Waals surface area contributed by atoms with E-state index in [2.05, 4.69) is 31.6 Å². The molecule has 1 amide bonds. The molecule has 2 aromatic heterocycles. The SMILES string of the molecule is Cn1nnnc1SCCC(=O)Nc1cccc(-c2cn3c(n2)CCCC3)c1. The lowest BCUT2D eigenvalue weighted by molar-refractivity contribution is -0.115. The number of hydrogen-bond donors (Lipinski definition) is 1. The Kier molecular flexibility index (Phi) is 5.19. The number of fused-ring (bicyclic) bond motifs is 1. The Hall–Kier alpha value is -2.68. The van der Waals surface area contributed by atoms with Crippen LogP contribution in [-0.4, -0.2) is 41.4 Å². The van der Waals surface area contributed by atoms with E-state index in [0.717, 1.165) is 35.7 Å². The number of benzene rings is 1. The number of anilines is 1. The molecule has 8 nitrogen and oxygen atoms in total. The minimum atomic E-state index is -0.0288. The second kappa shape index (κ2) is 7.91. The number of nitrogens with zero attached hydrogens (tertiary/aromatic N) is 6. The van der Waals surface area contributed by atoms with E-state index in [4.69, 9.17) is 4.98 Å². The van der Waals surface area contributed by atoms with Gasteiger partial charge in [0.2, 0.25) is 11.1 Å². The Balaban J connectivity index is 1.36. The Morgan fingerprint density at radius 2 is 2.26 bits per heavy atom. The van der Waals surface area contributed by atoms with E-state index in [1.807, 2.05) is 24.3 Å². The molecule has 0 saturated carbocycles. The lowest BCUT2D eigenvalue weighted by Crippen LogP contribution is -2.12. The number of thioether (sulfide) groups is 1. The van der Waals surface area contributed by atoms with Crippen LogP contribution in [0.25, 0.3) is 11.3 Å². The average molecular weight is 383 g/mol. The van der Waals surface area contributed by atoms with Crippen molar-refractivity contribution in [2.75, 3.05) is 11.1 Å². The molecule has 0 saturated heterocycles. The van der Waals surface area contributed by atoms with Gasteiger partial charge in [-0.05, 0) is 35.4 Å². The first kappa shape index (κ1) is 17.7. The number of aryl methyl sites for hydroxylation is 3. The van der Waals surface area contributed by atoms with Gasteiger partial charge in [-0.3, -0.25) is 4.79 Å². The van der Waals surface area contributed by atoms with Gasteiger partial charge >= 0.3 is 0 Å². The molecule has 0 fully saturated rings. The fraction of sp³-hybridized carbons (Fsp3) is 0.389. The first-order valence-electron chi connectivity index (χ1n) is 9.00. The lowest BCUT2D eigenvalue weighted by Gasteiger charge is -2.11. The lowest BCUT2D eigenvalue weighted by atomic mass is 10.1. The summed E-state index contributed by atoms with van der Waals surface area (Å²) in [4.78, 5) is 17.0. The highest BCUT2D eigenvalue weighted by Gasteiger charge is 2.14. The third-order valence-corrected chi connectivity index (χ3v) is 5.50. The number of amides is 1. The topological polar surface area (TPSA) is 90.5 Å². The van der Waals surface area contributed by atoms with Crippen molar-refractivity contribution in [3.63, 3.8) is 0 Å². The predicted octanol–water partition coefficient (Wildman–Crippen LogP) is 2.53. The molecule has 140 valence electrons. The molecule has 0 atom stereocenters. The molecule has 0 aliphatic carbocycles. The molecule has 1 aliphatic heterocycles. The molecular weight excluding hydrogens is 362 g/mol. The van der Waals surface area contributed by atoms with Crippen LogP contribution in [-0.2, 0) is 24.8 Å². The summed E-state index contributed by atoms with van der Waals surface area (Å²) in [5.74, 6) is 1.74. The second-order valence-corrected chi connectivity index (χ2v) is 7.57. The van der Waals surface area contributed by atoms with Crippen molar-refractivity contribution in [1.82, 2.24) is 29.8 Å². The van der Waals surface area contributed by atoms with Crippen molar-refractivity contribution in [3.8, 4) is 11.3 Å². The summed E-state index contributed by atoms with van der Waals surface area (Å²) in [5, 5.41) is 14.9. The summed E-state index contributed by atoms with van der Waals surface area (Å²) in [6.07, 6.45) is 5.95.